The van der Waals surface area contributed by atoms with E-state index in [4.69, 9.17) is 16.0 Å². The summed E-state index contributed by atoms with van der Waals surface area (Å²) in [6, 6.07) is 14.8. The van der Waals surface area contributed by atoms with Crippen LogP contribution in [0.15, 0.2) is 52.9 Å². The second-order valence-corrected chi connectivity index (χ2v) is 6.53. The lowest BCUT2D eigenvalue weighted by molar-refractivity contribution is -0.116. The molecule has 0 spiro atoms. The molecule has 2 aromatic carbocycles. The van der Waals surface area contributed by atoms with E-state index in [1.165, 1.54) is 5.56 Å². The number of carbonyl (C=O) groups is 2. The monoisotopic (exact) mass is 384 g/mol. The Kier molecular flexibility index (Phi) is 6.14. The third kappa shape index (κ3) is 4.49. The number of furan rings is 1. The number of para-hydroxylation sites is 1. The van der Waals surface area contributed by atoms with Crippen LogP contribution in [0.5, 0.6) is 0 Å². The lowest BCUT2D eigenvalue weighted by Crippen LogP contribution is -2.17. The molecular formula is C21H21ClN2O3. The molecular weight excluding hydrogens is 364 g/mol. The normalized spacial score (nSPS) is 10.7. The van der Waals surface area contributed by atoms with E-state index in [1.54, 1.807) is 6.07 Å². The minimum absolute atomic E-state index is 0.0787. The Morgan fingerprint density at radius 2 is 1.78 bits per heavy atom. The topological polar surface area (TPSA) is 71.3 Å². The number of hydrogen-bond acceptors (Lipinski definition) is 3. The molecule has 6 heteroatoms. The van der Waals surface area contributed by atoms with E-state index in [0.717, 1.165) is 6.42 Å². The van der Waals surface area contributed by atoms with Gasteiger partial charge in [0.05, 0.1) is 0 Å². The highest BCUT2D eigenvalue weighted by molar-refractivity contribution is 6.18. The van der Waals surface area contributed by atoms with Crippen molar-refractivity contribution in [1.29, 1.82) is 0 Å². The number of hydrogen-bond donors (Lipinski definition) is 2. The Balaban J connectivity index is 1.88. The number of fused-ring (bicyclic) bond motifs is 1. The van der Waals surface area contributed by atoms with Crippen LogP contribution in [0.25, 0.3) is 11.0 Å². The van der Waals surface area contributed by atoms with Crippen molar-refractivity contribution >= 4 is 45.8 Å². The van der Waals surface area contributed by atoms with Crippen molar-refractivity contribution in [1.82, 2.24) is 0 Å². The first-order chi connectivity index (χ1) is 13.1. The SMILES string of the molecule is CCc1ccc(NC(=O)c2oc3ccccc3c2NC(=O)CCCCl)cc1. The Labute approximate surface area is 162 Å². The molecule has 0 bridgehead atoms. The average molecular weight is 385 g/mol. The predicted octanol–water partition coefficient (Wildman–Crippen LogP) is 5.21. The smallest absolute Gasteiger partial charge is 0.293 e. The van der Waals surface area contributed by atoms with Crippen LogP contribution < -0.4 is 10.6 Å². The van der Waals surface area contributed by atoms with Crippen molar-refractivity contribution < 1.29 is 14.0 Å². The number of carbonyl (C=O) groups excluding carboxylic acids is 2. The maximum atomic E-state index is 12.8. The molecule has 27 heavy (non-hydrogen) atoms. The third-order valence-corrected chi connectivity index (χ3v) is 4.49. The van der Waals surface area contributed by atoms with Gasteiger partial charge in [-0.1, -0.05) is 31.2 Å². The summed E-state index contributed by atoms with van der Waals surface area (Å²) in [5.74, 6) is -0.137. The second kappa shape index (κ2) is 8.73. The summed E-state index contributed by atoms with van der Waals surface area (Å²) in [5, 5.41) is 6.31. The summed E-state index contributed by atoms with van der Waals surface area (Å²) in [6.45, 7) is 2.07. The molecule has 0 saturated heterocycles. The molecule has 0 unspecified atom stereocenters. The van der Waals surface area contributed by atoms with E-state index in [0.29, 0.717) is 34.6 Å². The van der Waals surface area contributed by atoms with Gasteiger partial charge >= 0.3 is 0 Å². The van der Waals surface area contributed by atoms with Gasteiger partial charge in [0.2, 0.25) is 11.7 Å². The second-order valence-electron chi connectivity index (χ2n) is 6.15. The number of alkyl halides is 1. The van der Waals surface area contributed by atoms with Crippen molar-refractivity contribution in [3.63, 3.8) is 0 Å². The van der Waals surface area contributed by atoms with Crippen molar-refractivity contribution in [3.05, 3.63) is 59.9 Å². The van der Waals surface area contributed by atoms with Crippen molar-refractivity contribution in [2.24, 2.45) is 0 Å². The van der Waals surface area contributed by atoms with Crippen LogP contribution in [-0.4, -0.2) is 17.7 Å². The van der Waals surface area contributed by atoms with Gasteiger partial charge in [-0.05, 0) is 42.7 Å². The molecule has 0 atom stereocenters. The summed E-state index contributed by atoms with van der Waals surface area (Å²) >= 11 is 5.65. The number of aryl methyl sites for hydroxylation is 1. The Morgan fingerprint density at radius 3 is 2.48 bits per heavy atom. The van der Waals surface area contributed by atoms with Crippen LogP contribution in [0, 0.1) is 0 Å². The first-order valence-electron chi connectivity index (χ1n) is 8.90. The number of rotatable bonds is 7. The van der Waals surface area contributed by atoms with Gasteiger partial charge in [0.1, 0.15) is 11.3 Å². The van der Waals surface area contributed by atoms with E-state index in [1.807, 2.05) is 42.5 Å². The molecule has 1 aromatic heterocycles. The standard InChI is InChI=1S/C21H21ClN2O3/c1-2-14-9-11-15(12-10-14)23-21(26)20-19(24-18(25)8-5-13-22)16-6-3-4-7-17(16)27-20/h3-4,6-7,9-12H,2,5,8,13H2,1H3,(H,23,26)(H,24,25). The molecule has 2 amide bonds. The maximum Gasteiger partial charge on any atom is 0.293 e. The van der Waals surface area contributed by atoms with Crippen LogP contribution in [0.2, 0.25) is 0 Å². The summed E-state index contributed by atoms with van der Waals surface area (Å²) in [5.41, 5.74) is 2.77. The van der Waals surface area contributed by atoms with E-state index < -0.39 is 5.91 Å². The largest absolute Gasteiger partial charge is 0.449 e. The molecule has 3 aromatic rings. The Bertz CT molecular complexity index is 948. The van der Waals surface area contributed by atoms with Gasteiger partial charge < -0.3 is 15.1 Å². The average Bonchev–Trinajstić information content (AvgIpc) is 3.05. The van der Waals surface area contributed by atoms with Gasteiger partial charge in [-0.2, -0.15) is 0 Å². The molecule has 0 aliphatic heterocycles. The number of anilines is 2. The molecule has 0 fully saturated rings. The molecule has 5 nitrogen and oxygen atoms in total. The van der Waals surface area contributed by atoms with Crippen molar-refractivity contribution in [3.8, 4) is 0 Å². The summed E-state index contributed by atoms with van der Waals surface area (Å²) in [6.07, 6.45) is 1.77. The Morgan fingerprint density at radius 1 is 1.04 bits per heavy atom. The first-order valence-corrected chi connectivity index (χ1v) is 9.43. The van der Waals surface area contributed by atoms with Crippen LogP contribution in [0.3, 0.4) is 0 Å². The lowest BCUT2D eigenvalue weighted by Gasteiger charge is -2.07. The van der Waals surface area contributed by atoms with Crippen molar-refractivity contribution in [2.45, 2.75) is 26.2 Å². The maximum absolute atomic E-state index is 12.8. The molecule has 0 aliphatic rings. The number of benzene rings is 2. The highest BCUT2D eigenvalue weighted by atomic mass is 35.5. The zero-order valence-electron chi connectivity index (χ0n) is 15.0. The molecule has 140 valence electrons. The van der Waals surface area contributed by atoms with Gasteiger partial charge in [-0.15, -0.1) is 11.6 Å². The number of nitrogens with one attached hydrogen (secondary N) is 2. The molecule has 0 saturated carbocycles. The molecule has 0 radical (unpaired) electrons. The highest BCUT2D eigenvalue weighted by Gasteiger charge is 2.22. The van der Waals surface area contributed by atoms with Crippen LogP contribution in [0.1, 0.15) is 35.9 Å². The van der Waals surface area contributed by atoms with E-state index in [-0.39, 0.29) is 18.1 Å². The highest BCUT2D eigenvalue weighted by Crippen LogP contribution is 2.31. The molecule has 0 aliphatic carbocycles. The van der Waals surface area contributed by atoms with Crippen LogP contribution in [-0.2, 0) is 11.2 Å². The minimum Gasteiger partial charge on any atom is -0.449 e. The van der Waals surface area contributed by atoms with Gasteiger partial charge in [0, 0.05) is 23.4 Å². The lowest BCUT2D eigenvalue weighted by atomic mass is 10.1. The molecule has 2 N–H and O–H groups in total. The van der Waals surface area contributed by atoms with Gasteiger partial charge in [0.15, 0.2) is 0 Å². The number of amides is 2. The predicted molar refractivity (Wildman–Crippen MR) is 109 cm³/mol. The van der Waals surface area contributed by atoms with Crippen molar-refractivity contribution in [2.75, 3.05) is 16.5 Å². The summed E-state index contributed by atoms with van der Waals surface area (Å²) in [7, 11) is 0. The first kappa shape index (κ1) is 19.0. The van der Waals surface area contributed by atoms with Gasteiger partial charge in [0.25, 0.3) is 5.91 Å². The number of halogens is 1. The van der Waals surface area contributed by atoms with Gasteiger partial charge in [-0.25, -0.2) is 0 Å². The molecule has 1 heterocycles. The van der Waals surface area contributed by atoms with Crippen LogP contribution >= 0.6 is 11.6 Å². The fourth-order valence-corrected chi connectivity index (χ4v) is 2.90. The zero-order valence-corrected chi connectivity index (χ0v) is 15.8. The van der Waals surface area contributed by atoms with Crippen LogP contribution in [0.4, 0.5) is 11.4 Å². The summed E-state index contributed by atoms with van der Waals surface area (Å²) in [4.78, 5) is 25.0. The summed E-state index contributed by atoms with van der Waals surface area (Å²) < 4.78 is 5.73. The molecule has 3 rings (SSSR count). The van der Waals surface area contributed by atoms with E-state index in [9.17, 15) is 9.59 Å². The minimum atomic E-state index is -0.414. The van der Waals surface area contributed by atoms with Gasteiger partial charge in [-0.3, -0.25) is 9.59 Å². The zero-order chi connectivity index (χ0) is 19.2. The fraction of sp³-hybridized carbons (Fsp3) is 0.238. The quantitative estimate of drug-likeness (QED) is 0.549. The Hall–Kier alpha value is -2.79. The van der Waals surface area contributed by atoms with E-state index in [2.05, 4.69) is 17.6 Å². The third-order valence-electron chi connectivity index (χ3n) is 4.22. The fourth-order valence-electron chi connectivity index (χ4n) is 2.77. The van der Waals surface area contributed by atoms with E-state index >= 15 is 0 Å².